The molecule has 0 aromatic heterocycles. The van der Waals surface area contributed by atoms with Gasteiger partial charge in [0.2, 0.25) is 5.91 Å². The fraction of sp³-hybridized carbons (Fsp3) is 0.800. The van der Waals surface area contributed by atoms with Crippen LogP contribution in [0.1, 0.15) is 32.6 Å². The number of aliphatic hydroxyl groups excluding tert-OH is 2. The molecule has 2 rings (SSSR count). The standard InChI is InChI=1S/C15H25N2O4/c1-11(19)15(21)16-8-5-12(6-9-16)13-4-2-3-7-17(13)14(20)10-18/h2,11-13,18-19H,3-10H2,1H3. The number of carbonyl (C=O) groups is 2. The fourth-order valence-electron chi connectivity index (χ4n) is 3.43. The zero-order chi connectivity index (χ0) is 15.4. The number of aliphatic hydroxyl groups is 2. The average Bonchev–Trinajstić information content (AvgIpc) is 2.53. The second-order valence-electron chi connectivity index (χ2n) is 5.96. The monoisotopic (exact) mass is 297 g/mol. The molecule has 1 radical (unpaired) electrons. The van der Waals surface area contributed by atoms with Gasteiger partial charge in [-0.05, 0) is 44.9 Å². The van der Waals surface area contributed by atoms with Crippen LogP contribution < -0.4 is 0 Å². The number of amides is 2. The van der Waals surface area contributed by atoms with E-state index in [1.165, 1.54) is 6.92 Å². The number of hydrogen-bond acceptors (Lipinski definition) is 4. The Bertz CT molecular complexity index is 378. The average molecular weight is 297 g/mol. The van der Waals surface area contributed by atoms with Gasteiger partial charge in [-0.2, -0.15) is 0 Å². The fourth-order valence-corrected chi connectivity index (χ4v) is 3.43. The van der Waals surface area contributed by atoms with Crippen LogP contribution in [-0.2, 0) is 9.59 Å². The smallest absolute Gasteiger partial charge is 0.251 e. The number of piperidine rings is 2. The van der Waals surface area contributed by atoms with E-state index in [2.05, 4.69) is 6.42 Å². The summed E-state index contributed by atoms with van der Waals surface area (Å²) in [6.45, 7) is 3.00. The van der Waals surface area contributed by atoms with Crippen molar-refractivity contribution in [3.05, 3.63) is 6.42 Å². The lowest BCUT2D eigenvalue weighted by atomic mass is 9.83. The number of rotatable bonds is 3. The lowest BCUT2D eigenvalue weighted by Gasteiger charge is -2.43. The summed E-state index contributed by atoms with van der Waals surface area (Å²) in [6.07, 6.45) is 4.68. The Kier molecular flexibility index (Phi) is 5.58. The van der Waals surface area contributed by atoms with E-state index in [4.69, 9.17) is 5.11 Å². The van der Waals surface area contributed by atoms with E-state index in [1.54, 1.807) is 9.80 Å². The highest BCUT2D eigenvalue weighted by molar-refractivity contribution is 5.80. The third-order valence-corrected chi connectivity index (χ3v) is 4.59. The molecule has 2 atom stereocenters. The lowest BCUT2D eigenvalue weighted by molar-refractivity contribution is -0.143. The van der Waals surface area contributed by atoms with E-state index < -0.39 is 12.7 Å². The minimum absolute atomic E-state index is 0.141. The van der Waals surface area contributed by atoms with Crippen molar-refractivity contribution in [1.82, 2.24) is 9.80 Å². The zero-order valence-electron chi connectivity index (χ0n) is 12.6. The van der Waals surface area contributed by atoms with Crippen molar-refractivity contribution in [2.24, 2.45) is 5.92 Å². The minimum atomic E-state index is -0.947. The van der Waals surface area contributed by atoms with Gasteiger partial charge in [0.1, 0.15) is 12.7 Å². The van der Waals surface area contributed by atoms with Gasteiger partial charge in [0.05, 0.1) is 0 Å². The molecule has 2 heterocycles. The lowest BCUT2D eigenvalue weighted by Crippen LogP contribution is -2.52. The molecule has 0 saturated carbocycles. The third-order valence-electron chi connectivity index (χ3n) is 4.59. The highest BCUT2D eigenvalue weighted by atomic mass is 16.3. The van der Waals surface area contributed by atoms with Gasteiger partial charge in [0, 0.05) is 25.7 Å². The van der Waals surface area contributed by atoms with Crippen molar-refractivity contribution in [2.75, 3.05) is 26.2 Å². The van der Waals surface area contributed by atoms with Crippen molar-refractivity contribution in [1.29, 1.82) is 0 Å². The number of carbonyl (C=O) groups excluding carboxylic acids is 2. The summed E-state index contributed by atoms with van der Waals surface area (Å²) in [7, 11) is 0. The molecule has 0 aliphatic carbocycles. The maximum Gasteiger partial charge on any atom is 0.251 e. The maximum atomic E-state index is 11.8. The van der Waals surface area contributed by atoms with Gasteiger partial charge in [-0.25, -0.2) is 0 Å². The minimum Gasteiger partial charge on any atom is -0.387 e. The molecule has 0 aromatic carbocycles. The molecular formula is C15H25N2O4. The van der Waals surface area contributed by atoms with Crippen molar-refractivity contribution in [3.63, 3.8) is 0 Å². The molecule has 21 heavy (non-hydrogen) atoms. The van der Waals surface area contributed by atoms with Crippen LogP contribution in [0.4, 0.5) is 0 Å². The topological polar surface area (TPSA) is 81.1 Å². The molecule has 2 amide bonds. The first-order valence-corrected chi connectivity index (χ1v) is 7.73. The molecule has 119 valence electrons. The molecule has 2 fully saturated rings. The van der Waals surface area contributed by atoms with E-state index in [1.807, 2.05) is 0 Å². The first kappa shape index (κ1) is 16.2. The van der Waals surface area contributed by atoms with Crippen molar-refractivity contribution in [2.45, 2.75) is 44.8 Å². The van der Waals surface area contributed by atoms with Crippen LogP contribution in [0, 0.1) is 12.3 Å². The summed E-state index contributed by atoms with van der Waals surface area (Å²) in [5, 5.41) is 18.5. The van der Waals surface area contributed by atoms with E-state index >= 15 is 0 Å². The highest BCUT2D eigenvalue weighted by Crippen LogP contribution is 2.30. The van der Waals surface area contributed by atoms with Crippen molar-refractivity contribution < 1.29 is 19.8 Å². The zero-order valence-corrected chi connectivity index (χ0v) is 12.6. The first-order valence-electron chi connectivity index (χ1n) is 7.73. The SMILES string of the molecule is CC(O)C(=O)N1CCC(C2C[CH]CCN2C(=O)CO)CC1. The predicted molar refractivity (Wildman–Crippen MR) is 77.1 cm³/mol. The Labute approximate surface area is 125 Å². The summed E-state index contributed by atoms with van der Waals surface area (Å²) in [6, 6.07) is 0.141. The predicted octanol–water partition coefficient (Wildman–Crippen LogP) is -0.207. The van der Waals surface area contributed by atoms with E-state index in [9.17, 15) is 14.7 Å². The second-order valence-corrected chi connectivity index (χ2v) is 5.96. The normalized spacial score (nSPS) is 25.8. The summed E-state index contributed by atoms with van der Waals surface area (Å²) in [4.78, 5) is 27.1. The third kappa shape index (κ3) is 3.74. The summed E-state index contributed by atoms with van der Waals surface area (Å²) >= 11 is 0. The van der Waals surface area contributed by atoms with Gasteiger partial charge in [-0.15, -0.1) is 0 Å². The molecule has 0 aromatic rings. The summed E-state index contributed by atoms with van der Waals surface area (Å²) in [5.74, 6) is -0.0577. The molecular weight excluding hydrogens is 272 g/mol. The number of nitrogens with zero attached hydrogens (tertiary/aromatic N) is 2. The molecule has 6 heteroatoms. The largest absolute Gasteiger partial charge is 0.387 e. The van der Waals surface area contributed by atoms with Crippen LogP contribution in [-0.4, -0.2) is 70.2 Å². The molecule has 2 aliphatic rings. The van der Waals surface area contributed by atoms with Crippen molar-refractivity contribution >= 4 is 11.8 Å². The molecule has 0 spiro atoms. The number of hydrogen-bond donors (Lipinski definition) is 2. The molecule has 2 unspecified atom stereocenters. The van der Waals surface area contributed by atoms with Gasteiger partial charge < -0.3 is 20.0 Å². The van der Waals surface area contributed by atoms with Crippen molar-refractivity contribution in [3.8, 4) is 0 Å². The van der Waals surface area contributed by atoms with Gasteiger partial charge in [0.25, 0.3) is 5.91 Å². The van der Waals surface area contributed by atoms with Crippen LogP contribution in [0.3, 0.4) is 0 Å². The first-order chi connectivity index (χ1) is 10.0. The summed E-state index contributed by atoms with van der Waals surface area (Å²) in [5.41, 5.74) is 0. The van der Waals surface area contributed by atoms with Crippen LogP contribution in [0.25, 0.3) is 0 Å². The van der Waals surface area contributed by atoms with Crippen LogP contribution in [0.5, 0.6) is 0 Å². The molecule has 6 nitrogen and oxygen atoms in total. The Morgan fingerprint density at radius 2 is 1.95 bits per heavy atom. The van der Waals surface area contributed by atoms with E-state index in [0.717, 1.165) is 25.7 Å². The van der Waals surface area contributed by atoms with E-state index in [-0.39, 0.29) is 17.9 Å². The Balaban J connectivity index is 1.93. The molecule has 2 aliphatic heterocycles. The van der Waals surface area contributed by atoms with Crippen LogP contribution in [0.2, 0.25) is 0 Å². The number of likely N-dealkylation sites (tertiary alicyclic amines) is 2. The molecule has 0 bridgehead atoms. The Morgan fingerprint density at radius 3 is 2.52 bits per heavy atom. The van der Waals surface area contributed by atoms with Gasteiger partial charge in [-0.1, -0.05) is 0 Å². The Morgan fingerprint density at radius 1 is 1.29 bits per heavy atom. The van der Waals surface area contributed by atoms with E-state index in [0.29, 0.717) is 25.6 Å². The molecule has 2 N–H and O–H groups in total. The molecule has 2 saturated heterocycles. The van der Waals surface area contributed by atoms with Gasteiger partial charge >= 0.3 is 0 Å². The van der Waals surface area contributed by atoms with Crippen LogP contribution in [0.15, 0.2) is 0 Å². The maximum absolute atomic E-state index is 11.8. The van der Waals surface area contributed by atoms with Crippen LogP contribution >= 0.6 is 0 Å². The second kappa shape index (κ2) is 7.22. The summed E-state index contributed by atoms with van der Waals surface area (Å²) < 4.78 is 0. The Hall–Kier alpha value is -1.14. The van der Waals surface area contributed by atoms with Gasteiger partial charge in [0.15, 0.2) is 0 Å². The highest BCUT2D eigenvalue weighted by Gasteiger charge is 2.35. The van der Waals surface area contributed by atoms with Gasteiger partial charge in [-0.3, -0.25) is 9.59 Å². The quantitative estimate of drug-likeness (QED) is 0.755.